The maximum Gasteiger partial charge on any atom is 0.162 e. The molecule has 0 aliphatic heterocycles. The van der Waals surface area contributed by atoms with E-state index in [2.05, 4.69) is 10.4 Å². The minimum Gasteiger partial charge on any atom is -0.383 e. The van der Waals surface area contributed by atoms with Crippen molar-refractivity contribution in [3.63, 3.8) is 0 Å². The summed E-state index contributed by atoms with van der Waals surface area (Å²) in [5.41, 5.74) is 0.366. The zero-order chi connectivity index (χ0) is 12.7. The predicted octanol–water partition coefficient (Wildman–Crippen LogP) is 2.03. The van der Waals surface area contributed by atoms with E-state index in [1.807, 2.05) is 11.0 Å². The minimum absolute atomic E-state index is 0.215. The van der Waals surface area contributed by atoms with Crippen molar-refractivity contribution < 1.29 is 4.74 Å². The van der Waals surface area contributed by atoms with Gasteiger partial charge in [-0.15, -0.1) is 0 Å². The molecule has 0 aliphatic rings. The Morgan fingerprint density at radius 3 is 2.82 bits per heavy atom. The van der Waals surface area contributed by atoms with E-state index < -0.39 is 0 Å². The van der Waals surface area contributed by atoms with Gasteiger partial charge >= 0.3 is 0 Å². The van der Waals surface area contributed by atoms with E-state index in [0.717, 1.165) is 0 Å². The number of hydrogen-bond donors (Lipinski definition) is 0. The maximum absolute atomic E-state index is 9.00. The van der Waals surface area contributed by atoms with Crippen molar-refractivity contribution in [3.05, 3.63) is 10.7 Å². The summed E-state index contributed by atoms with van der Waals surface area (Å²) < 4.78 is 8.94. The number of halogens is 1. The summed E-state index contributed by atoms with van der Waals surface area (Å²) >= 11 is 6.98. The van der Waals surface area contributed by atoms with Crippen LogP contribution in [0.4, 0.5) is 5.00 Å². The molecular formula is C10H11ClN4OS. The number of hydrogen-bond acceptors (Lipinski definition) is 6. The van der Waals surface area contributed by atoms with Crippen molar-refractivity contribution in [1.29, 1.82) is 10.5 Å². The monoisotopic (exact) mass is 270 g/mol. The zero-order valence-electron chi connectivity index (χ0n) is 9.31. The third-order valence-corrected chi connectivity index (χ3v) is 3.37. The standard InChI is InChI=1S/C10H11ClN4OS/c1-16-6-5-15(4-2-3-12)10-8(7-13)9(11)14-17-10/h2,4-6H2,1H3. The smallest absolute Gasteiger partial charge is 0.162 e. The van der Waals surface area contributed by atoms with Gasteiger partial charge < -0.3 is 9.64 Å². The normalized spacial score (nSPS) is 9.65. The summed E-state index contributed by atoms with van der Waals surface area (Å²) in [5, 5.41) is 18.5. The van der Waals surface area contributed by atoms with Gasteiger partial charge in [0.05, 0.1) is 19.1 Å². The van der Waals surface area contributed by atoms with E-state index in [-0.39, 0.29) is 5.15 Å². The van der Waals surface area contributed by atoms with Crippen LogP contribution in [0.25, 0.3) is 0 Å². The molecule has 1 rings (SSSR count). The summed E-state index contributed by atoms with van der Waals surface area (Å²) in [5.74, 6) is 0. The third kappa shape index (κ3) is 3.57. The molecule has 0 unspecified atom stereocenters. The molecule has 0 saturated carbocycles. The Bertz CT molecular complexity index is 448. The topological polar surface area (TPSA) is 72.9 Å². The van der Waals surface area contributed by atoms with Crippen molar-refractivity contribution in [3.8, 4) is 12.1 Å². The SMILES string of the molecule is COCCN(CCC#N)c1snc(Cl)c1C#N. The molecule has 90 valence electrons. The highest BCUT2D eigenvalue weighted by Crippen LogP contribution is 2.31. The van der Waals surface area contributed by atoms with Gasteiger partial charge in [0.15, 0.2) is 5.15 Å². The lowest BCUT2D eigenvalue weighted by Gasteiger charge is -2.21. The molecule has 0 spiro atoms. The van der Waals surface area contributed by atoms with Crippen LogP contribution in [0.3, 0.4) is 0 Å². The van der Waals surface area contributed by atoms with Crippen molar-refractivity contribution in [1.82, 2.24) is 4.37 Å². The molecule has 5 nitrogen and oxygen atoms in total. The van der Waals surface area contributed by atoms with Gasteiger partial charge in [0.1, 0.15) is 16.6 Å². The van der Waals surface area contributed by atoms with Gasteiger partial charge in [-0.1, -0.05) is 11.6 Å². The van der Waals surface area contributed by atoms with Gasteiger partial charge in [-0.3, -0.25) is 0 Å². The fraction of sp³-hybridized carbons (Fsp3) is 0.500. The summed E-state index contributed by atoms with van der Waals surface area (Å²) in [6.45, 7) is 1.66. The van der Waals surface area contributed by atoms with E-state index in [0.29, 0.717) is 36.7 Å². The molecule has 0 aromatic carbocycles. The molecule has 0 N–H and O–H groups in total. The van der Waals surface area contributed by atoms with Crippen molar-refractivity contribution in [2.45, 2.75) is 6.42 Å². The molecule has 0 aliphatic carbocycles. The number of nitrogens with zero attached hydrogens (tertiary/aromatic N) is 4. The minimum atomic E-state index is 0.215. The van der Waals surface area contributed by atoms with Crippen LogP contribution in [-0.4, -0.2) is 31.2 Å². The second-order valence-electron chi connectivity index (χ2n) is 3.15. The predicted molar refractivity (Wildman–Crippen MR) is 66.2 cm³/mol. The first kappa shape index (κ1) is 13.7. The highest BCUT2D eigenvalue weighted by molar-refractivity contribution is 7.10. The largest absolute Gasteiger partial charge is 0.383 e. The van der Waals surface area contributed by atoms with Gasteiger partial charge in [0.25, 0.3) is 0 Å². The van der Waals surface area contributed by atoms with Crippen LogP contribution in [0.15, 0.2) is 0 Å². The van der Waals surface area contributed by atoms with Crippen molar-refractivity contribution in [2.24, 2.45) is 0 Å². The lowest BCUT2D eigenvalue weighted by atomic mass is 10.3. The Balaban J connectivity index is 2.88. The highest BCUT2D eigenvalue weighted by atomic mass is 35.5. The second-order valence-corrected chi connectivity index (χ2v) is 4.26. The van der Waals surface area contributed by atoms with Gasteiger partial charge in [-0.2, -0.15) is 14.9 Å². The summed E-state index contributed by atoms with van der Waals surface area (Å²) in [4.78, 5) is 1.90. The molecule has 1 aromatic rings. The van der Waals surface area contributed by atoms with Gasteiger partial charge in [-0.25, -0.2) is 0 Å². The van der Waals surface area contributed by atoms with Crippen LogP contribution in [0.2, 0.25) is 5.15 Å². The van der Waals surface area contributed by atoms with E-state index >= 15 is 0 Å². The molecule has 0 amide bonds. The van der Waals surface area contributed by atoms with Crippen LogP contribution in [-0.2, 0) is 4.74 Å². The molecule has 0 atom stereocenters. The highest BCUT2D eigenvalue weighted by Gasteiger charge is 2.17. The first-order valence-electron chi connectivity index (χ1n) is 4.90. The first-order chi connectivity index (χ1) is 8.24. The molecule has 0 fully saturated rings. The van der Waals surface area contributed by atoms with Gasteiger partial charge in [0, 0.05) is 20.2 Å². The molecule has 0 radical (unpaired) electrons. The number of aromatic nitrogens is 1. The van der Waals surface area contributed by atoms with E-state index in [9.17, 15) is 0 Å². The Hall–Kier alpha value is -1.34. The molecule has 1 heterocycles. The van der Waals surface area contributed by atoms with E-state index in [1.54, 1.807) is 7.11 Å². The Morgan fingerprint density at radius 1 is 1.47 bits per heavy atom. The number of rotatable bonds is 6. The molecule has 7 heteroatoms. The van der Waals surface area contributed by atoms with Crippen LogP contribution in [0, 0.1) is 22.7 Å². The average Bonchev–Trinajstić information content (AvgIpc) is 2.70. The summed E-state index contributed by atoms with van der Waals surface area (Å²) in [6.07, 6.45) is 0.379. The lowest BCUT2D eigenvalue weighted by molar-refractivity contribution is 0.205. The number of methoxy groups -OCH3 is 1. The second kappa shape index (κ2) is 7.08. The zero-order valence-corrected chi connectivity index (χ0v) is 10.9. The first-order valence-corrected chi connectivity index (χ1v) is 6.05. The van der Waals surface area contributed by atoms with Crippen LogP contribution in [0.5, 0.6) is 0 Å². The molecule has 0 bridgehead atoms. The van der Waals surface area contributed by atoms with Gasteiger partial charge in [-0.05, 0) is 11.5 Å². The van der Waals surface area contributed by atoms with E-state index in [4.69, 9.17) is 26.9 Å². The average molecular weight is 271 g/mol. The molecule has 17 heavy (non-hydrogen) atoms. The molecule has 0 saturated heterocycles. The van der Waals surface area contributed by atoms with Crippen molar-refractivity contribution in [2.75, 3.05) is 31.7 Å². The maximum atomic E-state index is 9.00. The lowest BCUT2D eigenvalue weighted by Crippen LogP contribution is -2.28. The summed E-state index contributed by atoms with van der Waals surface area (Å²) in [7, 11) is 1.60. The van der Waals surface area contributed by atoms with Crippen LogP contribution >= 0.6 is 23.1 Å². The molecular weight excluding hydrogens is 260 g/mol. The Morgan fingerprint density at radius 2 is 2.24 bits per heavy atom. The number of anilines is 1. The van der Waals surface area contributed by atoms with E-state index in [1.165, 1.54) is 11.5 Å². The third-order valence-electron chi connectivity index (χ3n) is 2.09. The fourth-order valence-corrected chi connectivity index (χ4v) is 2.35. The van der Waals surface area contributed by atoms with Crippen LogP contribution in [0.1, 0.15) is 12.0 Å². The fourth-order valence-electron chi connectivity index (χ4n) is 1.27. The Kier molecular flexibility index (Phi) is 5.71. The number of nitriles is 2. The molecule has 1 aromatic heterocycles. The van der Waals surface area contributed by atoms with Gasteiger partial charge in [0.2, 0.25) is 0 Å². The Labute approximate surface area is 109 Å². The quantitative estimate of drug-likeness (QED) is 0.791. The summed E-state index contributed by atoms with van der Waals surface area (Å²) in [6, 6.07) is 4.10. The number of ether oxygens (including phenoxy) is 1. The van der Waals surface area contributed by atoms with Crippen molar-refractivity contribution >= 4 is 28.1 Å². The van der Waals surface area contributed by atoms with Crippen LogP contribution < -0.4 is 4.90 Å².